The fourth-order valence-corrected chi connectivity index (χ4v) is 4.93. The Morgan fingerprint density at radius 2 is 1.76 bits per heavy atom. The third-order valence-corrected chi connectivity index (χ3v) is 7.11. The van der Waals surface area contributed by atoms with Crippen LogP contribution in [0, 0.1) is 13.8 Å². The highest BCUT2D eigenvalue weighted by Gasteiger charge is 2.31. The van der Waals surface area contributed by atoms with Crippen LogP contribution < -0.4 is 15.0 Å². The summed E-state index contributed by atoms with van der Waals surface area (Å²) in [4.78, 5) is 13.7. The predicted octanol–water partition coefficient (Wildman–Crippen LogP) is 0.840. The number of nitrogens with one attached hydrogen (secondary N) is 2. The van der Waals surface area contributed by atoms with Crippen LogP contribution in [0.25, 0.3) is 0 Å². The molecule has 0 bridgehead atoms. The van der Waals surface area contributed by atoms with Crippen molar-refractivity contribution < 1.29 is 22.8 Å². The Balaban J connectivity index is 1.54. The third kappa shape index (κ3) is 5.14. The first-order valence-corrected chi connectivity index (χ1v) is 11.1. The fraction of sp³-hybridized carbons (Fsp3) is 0.381. The summed E-state index contributed by atoms with van der Waals surface area (Å²) in [5.41, 5.74) is 3.00. The van der Waals surface area contributed by atoms with Crippen molar-refractivity contribution in [3.63, 3.8) is 0 Å². The van der Waals surface area contributed by atoms with E-state index in [9.17, 15) is 13.2 Å². The normalized spacial score (nSPS) is 15.8. The first-order valence-electron chi connectivity index (χ1n) is 9.64. The smallest absolute Gasteiger partial charge is 0.279 e. The molecule has 1 fully saturated rings. The van der Waals surface area contributed by atoms with Crippen LogP contribution in [-0.4, -0.2) is 58.5 Å². The quantitative estimate of drug-likeness (QED) is 0.729. The summed E-state index contributed by atoms with van der Waals surface area (Å²) in [5, 5.41) is 2.96. The molecule has 0 unspecified atom stereocenters. The van der Waals surface area contributed by atoms with Crippen molar-refractivity contribution >= 4 is 21.6 Å². The summed E-state index contributed by atoms with van der Waals surface area (Å²) < 4.78 is 32.2. The van der Waals surface area contributed by atoms with E-state index < -0.39 is 10.0 Å². The van der Waals surface area contributed by atoms with Gasteiger partial charge in [0.1, 0.15) is 5.75 Å². The van der Waals surface area contributed by atoms with Gasteiger partial charge in [-0.3, -0.25) is 4.79 Å². The van der Waals surface area contributed by atoms with Crippen molar-refractivity contribution in [2.24, 2.45) is 0 Å². The van der Waals surface area contributed by atoms with Gasteiger partial charge in [0.2, 0.25) is 10.0 Å². The molecule has 0 atom stereocenters. The minimum Gasteiger partial charge on any atom is -0.497 e. The summed E-state index contributed by atoms with van der Waals surface area (Å²) in [5.74, 6) is 0.562. The monoisotopic (exact) mass is 418 g/mol. The van der Waals surface area contributed by atoms with E-state index in [-0.39, 0.29) is 10.8 Å². The van der Waals surface area contributed by atoms with Gasteiger partial charge in [0.15, 0.2) is 6.54 Å². The molecule has 29 heavy (non-hydrogen) atoms. The number of nitrogens with zero attached hydrogens (tertiary/aromatic N) is 1. The summed E-state index contributed by atoms with van der Waals surface area (Å²) >= 11 is 0. The summed E-state index contributed by atoms with van der Waals surface area (Å²) in [6, 6.07) is 12.3. The highest BCUT2D eigenvalue weighted by Crippen LogP contribution is 2.19. The number of hydrogen-bond acceptors (Lipinski definition) is 4. The van der Waals surface area contributed by atoms with Gasteiger partial charge in [-0.05, 0) is 49.7 Å². The van der Waals surface area contributed by atoms with Crippen molar-refractivity contribution in [1.29, 1.82) is 0 Å². The van der Waals surface area contributed by atoms with E-state index in [1.807, 2.05) is 32.0 Å². The largest absolute Gasteiger partial charge is 0.497 e. The number of carbonyl (C=O) groups is 1. The van der Waals surface area contributed by atoms with Crippen LogP contribution in [0.5, 0.6) is 5.75 Å². The van der Waals surface area contributed by atoms with Gasteiger partial charge in [0.05, 0.1) is 38.2 Å². The lowest BCUT2D eigenvalue weighted by Crippen LogP contribution is -3.15. The molecule has 2 N–H and O–H groups in total. The Morgan fingerprint density at radius 3 is 2.34 bits per heavy atom. The van der Waals surface area contributed by atoms with Crippen LogP contribution in [0.15, 0.2) is 47.4 Å². The Labute approximate surface area is 172 Å². The number of benzene rings is 2. The number of rotatable bonds is 6. The van der Waals surface area contributed by atoms with Crippen LogP contribution in [-0.2, 0) is 14.8 Å². The van der Waals surface area contributed by atoms with E-state index in [0.717, 1.165) is 21.7 Å². The summed E-state index contributed by atoms with van der Waals surface area (Å²) in [6.45, 7) is 6.27. The van der Waals surface area contributed by atoms with E-state index in [1.54, 1.807) is 31.4 Å². The number of anilines is 1. The zero-order chi connectivity index (χ0) is 21.0. The number of hydrogen-bond donors (Lipinski definition) is 2. The van der Waals surface area contributed by atoms with Crippen LogP contribution in [0.3, 0.4) is 0 Å². The predicted molar refractivity (Wildman–Crippen MR) is 112 cm³/mol. The van der Waals surface area contributed by atoms with Crippen LogP contribution in [0.2, 0.25) is 0 Å². The molecule has 1 amide bonds. The van der Waals surface area contributed by atoms with Gasteiger partial charge in [-0.2, -0.15) is 4.31 Å². The van der Waals surface area contributed by atoms with Gasteiger partial charge < -0.3 is 15.0 Å². The van der Waals surface area contributed by atoms with Crippen molar-refractivity contribution in [3.8, 4) is 5.75 Å². The SMILES string of the molecule is COc1ccc(S(=O)(=O)N2CC[NH+](CC(=O)Nc3ccc(C)cc3C)CC2)cc1. The molecule has 156 valence electrons. The number of amides is 1. The molecule has 2 aromatic rings. The average molecular weight is 419 g/mol. The minimum absolute atomic E-state index is 0.0570. The van der Waals surface area contributed by atoms with E-state index >= 15 is 0 Å². The summed E-state index contributed by atoms with van der Waals surface area (Å²) in [6.07, 6.45) is 0. The molecule has 3 rings (SSSR count). The van der Waals surface area contributed by atoms with Crippen LogP contribution in [0.1, 0.15) is 11.1 Å². The number of piperazine rings is 1. The van der Waals surface area contributed by atoms with Crippen molar-refractivity contribution in [3.05, 3.63) is 53.6 Å². The molecule has 1 aliphatic heterocycles. The fourth-order valence-electron chi connectivity index (χ4n) is 3.49. The minimum atomic E-state index is -3.53. The molecule has 7 nitrogen and oxygen atoms in total. The molecular weight excluding hydrogens is 390 g/mol. The molecule has 0 aliphatic carbocycles. The molecule has 1 aliphatic rings. The Kier molecular flexibility index (Phi) is 6.56. The maximum atomic E-state index is 12.8. The molecule has 0 aromatic heterocycles. The number of aryl methyl sites for hydroxylation is 2. The number of carbonyl (C=O) groups excluding carboxylic acids is 1. The number of ether oxygens (including phenoxy) is 1. The zero-order valence-corrected chi connectivity index (χ0v) is 17.9. The van der Waals surface area contributed by atoms with Crippen molar-refractivity contribution in [2.75, 3.05) is 45.2 Å². The standard InChI is InChI=1S/C21H27N3O4S/c1-16-4-9-20(17(2)14-16)22-21(25)15-23-10-12-24(13-11-23)29(26,27)19-7-5-18(28-3)6-8-19/h4-9,14H,10-13,15H2,1-3H3,(H,22,25)/p+1. The maximum Gasteiger partial charge on any atom is 0.279 e. The van der Waals surface area contributed by atoms with E-state index in [1.165, 1.54) is 4.31 Å². The van der Waals surface area contributed by atoms with Gasteiger partial charge in [-0.15, -0.1) is 0 Å². The van der Waals surface area contributed by atoms with Gasteiger partial charge in [0.25, 0.3) is 5.91 Å². The molecule has 2 aromatic carbocycles. The van der Waals surface area contributed by atoms with Gasteiger partial charge in [-0.1, -0.05) is 17.7 Å². The van der Waals surface area contributed by atoms with E-state index in [0.29, 0.717) is 38.5 Å². The molecular formula is C21H28N3O4S+. The van der Waals surface area contributed by atoms with E-state index in [4.69, 9.17) is 4.74 Å². The molecule has 0 spiro atoms. The second kappa shape index (κ2) is 8.94. The highest BCUT2D eigenvalue weighted by molar-refractivity contribution is 7.89. The molecule has 0 radical (unpaired) electrons. The molecule has 0 saturated carbocycles. The lowest BCUT2D eigenvalue weighted by Gasteiger charge is -2.31. The Bertz CT molecular complexity index is 966. The Hall–Kier alpha value is -2.42. The number of sulfonamides is 1. The number of quaternary nitrogens is 1. The van der Waals surface area contributed by atoms with Crippen LogP contribution >= 0.6 is 0 Å². The lowest BCUT2D eigenvalue weighted by atomic mass is 10.1. The topological polar surface area (TPSA) is 80.2 Å². The van der Waals surface area contributed by atoms with Gasteiger partial charge in [0, 0.05) is 5.69 Å². The van der Waals surface area contributed by atoms with Crippen molar-refractivity contribution in [1.82, 2.24) is 4.31 Å². The summed E-state index contributed by atoms with van der Waals surface area (Å²) in [7, 11) is -1.99. The first-order chi connectivity index (χ1) is 13.8. The average Bonchev–Trinajstić information content (AvgIpc) is 2.70. The van der Waals surface area contributed by atoms with Gasteiger partial charge in [-0.25, -0.2) is 8.42 Å². The van der Waals surface area contributed by atoms with Crippen molar-refractivity contribution in [2.45, 2.75) is 18.7 Å². The second-order valence-electron chi connectivity index (χ2n) is 7.37. The van der Waals surface area contributed by atoms with E-state index in [2.05, 4.69) is 5.32 Å². The Morgan fingerprint density at radius 1 is 1.10 bits per heavy atom. The molecule has 8 heteroatoms. The van der Waals surface area contributed by atoms with Crippen LogP contribution in [0.4, 0.5) is 5.69 Å². The van der Waals surface area contributed by atoms with Gasteiger partial charge >= 0.3 is 0 Å². The molecule has 1 saturated heterocycles. The first kappa shape index (κ1) is 21.3. The number of methoxy groups -OCH3 is 1. The second-order valence-corrected chi connectivity index (χ2v) is 9.31. The zero-order valence-electron chi connectivity index (χ0n) is 17.1. The highest BCUT2D eigenvalue weighted by atomic mass is 32.2. The molecule has 1 heterocycles. The maximum absolute atomic E-state index is 12.8. The third-order valence-electron chi connectivity index (χ3n) is 5.19. The lowest BCUT2D eigenvalue weighted by molar-refractivity contribution is -0.895.